The number of hydrogen-bond acceptors (Lipinski definition) is 2. The van der Waals surface area contributed by atoms with E-state index in [2.05, 4.69) is 239 Å². The zero-order valence-corrected chi connectivity index (χ0v) is 34.0. The van der Waals surface area contributed by atoms with Gasteiger partial charge in [-0.15, -0.1) is 0 Å². The van der Waals surface area contributed by atoms with Crippen molar-refractivity contribution in [1.82, 2.24) is 4.57 Å². The fourth-order valence-corrected chi connectivity index (χ4v) is 9.51. The van der Waals surface area contributed by atoms with E-state index in [4.69, 9.17) is 0 Å². The van der Waals surface area contributed by atoms with Gasteiger partial charge in [0.15, 0.2) is 0 Å². The highest BCUT2D eigenvalue weighted by atomic mass is 15.2. The van der Waals surface area contributed by atoms with E-state index in [-0.39, 0.29) is 0 Å². The molecule has 0 bridgehead atoms. The maximum Gasteiger partial charge on any atom is 0.0625 e. The van der Waals surface area contributed by atoms with Gasteiger partial charge < -0.3 is 14.4 Å². The first-order valence-corrected chi connectivity index (χ1v) is 21.5. The first-order valence-electron chi connectivity index (χ1n) is 21.5. The van der Waals surface area contributed by atoms with Crippen molar-refractivity contribution in [3.8, 4) is 5.69 Å². The molecule has 11 rings (SSSR count). The largest absolute Gasteiger partial charge is 0.314 e. The highest BCUT2D eigenvalue weighted by molar-refractivity contribution is 6.32. The summed E-state index contributed by atoms with van der Waals surface area (Å²) >= 11 is 0. The minimum Gasteiger partial charge on any atom is -0.314 e. The molecule has 0 fully saturated rings. The van der Waals surface area contributed by atoms with E-state index in [9.17, 15) is 0 Å². The summed E-state index contributed by atoms with van der Waals surface area (Å²) in [6.45, 7) is 0. The normalized spacial score (nSPS) is 15.2. The Morgan fingerprint density at radius 3 is 1.90 bits per heavy atom. The molecule has 0 amide bonds. The molecule has 0 saturated heterocycles. The molecule has 1 heterocycles. The molecule has 3 nitrogen and oxygen atoms in total. The molecule has 3 aliphatic carbocycles. The van der Waals surface area contributed by atoms with E-state index in [1.54, 1.807) is 0 Å². The molecule has 0 aliphatic heterocycles. The summed E-state index contributed by atoms with van der Waals surface area (Å²) < 4.78 is 2.48. The number of hydrogen-bond donors (Lipinski definition) is 0. The number of anilines is 2. The topological polar surface area (TPSA) is 11.4 Å². The molecule has 3 heteroatoms. The lowest BCUT2D eigenvalue weighted by molar-refractivity contribution is 0.900. The average Bonchev–Trinajstić information content (AvgIpc) is 3.47. The molecule has 8 aromatic rings. The SMILES string of the molecule is C1=CCC=C(N(C2=CCC(c3ccc4c(c3)c3c5ccccc5c5ccccc5c3n4-c3ccccc3)=CC(N(C3=CC=CCC3)c3ccccc3)=C2)c2ccccc2)C=C1. The first kappa shape index (κ1) is 36.5. The monoisotopic (exact) mass is 783 g/mol. The third kappa shape index (κ3) is 6.65. The van der Waals surface area contributed by atoms with Crippen LogP contribution in [0.5, 0.6) is 0 Å². The molecular formula is C58H45N3. The molecule has 1 aromatic heterocycles. The highest BCUT2D eigenvalue weighted by Gasteiger charge is 2.24. The minimum atomic E-state index is 0.752. The van der Waals surface area contributed by atoms with Crippen LogP contribution in [-0.4, -0.2) is 4.57 Å². The maximum absolute atomic E-state index is 2.48. The maximum atomic E-state index is 2.48. The zero-order valence-electron chi connectivity index (χ0n) is 34.0. The van der Waals surface area contributed by atoms with Crippen molar-refractivity contribution in [2.75, 3.05) is 9.80 Å². The van der Waals surface area contributed by atoms with Crippen LogP contribution in [0.15, 0.2) is 247 Å². The van der Waals surface area contributed by atoms with Gasteiger partial charge in [0.1, 0.15) is 0 Å². The molecular weight excluding hydrogens is 739 g/mol. The molecule has 0 saturated carbocycles. The smallest absolute Gasteiger partial charge is 0.0625 e. The molecule has 3 aliphatic rings. The van der Waals surface area contributed by atoms with Crippen LogP contribution in [0.25, 0.3) is 54.6 Å². The van der Waals surface area contributed by atoms with Crippen molar-refractivity contribution in [3.63, 3.8) is 0 Å². The second-order valence-electron chi connectivity index (χ2n) is 15.9. The van der Waals surface area contributed by atoms with Gasteiger partial charge in [-0.3, -0.25) is 0 Å². The lowest BCUT2D eigenvalue weighted by Gasteiger charge is -2.32. The van der Waals surface area contributed by atoms with Crippen molar-refractivity contribution in [1.29, 1.82) is 0 Å². The van der Waals surface area contributed by atoms with Gasteiger partial charge in [-0.2, -0.15) is 0 Å². The summed E-state index contributed by atoms with van der Waals surface area (Å²) in [5.41, 5.74) is 13.1. The molecule has 0 spiro atoms. The summed E-state index contributed by atoms with van der Waals surface area (Å²) in [5, 5.41) is 7.63. The van der Waals surface area contributed by atoms with Crippen LogP contribution in [0.1, 0.15) is 31.2 Å². The Kier molecular flexibility index (Phi) is 9.48. The molecule has 61 heavy (non-hydrogen) atoms. The van der Waals surface area contributed by atoms with Gasteiger partial charge in [-0.05, 0) is 126 Å². The Bertz CT molecular complexity index is 3220. The summed E-state index contributed by atoms with van der Waals surface area (Å²) in [6, 6.07) is 57.5. The van der Waals surface area contributed by atoms with E-state index in [1.165, 1.54) is 60.2 Å². The predicted octanol–water partition coefficient (Wildman–Crippen LogP) is 15.3. The number of rotatable bonds is 8. The second-order valence-corrected chi connectivity index (χ2v) is 15.9. The molecule has 7 aromatic carbocycles. The minimum absolute atomic E-state index is 0.752. The Labute approximate surface area is 357 Å². The van der Waals surface area contributed by atoms with Crippen molar-refractivity contribution < 1.29 is 0 Å². The van der Waals surface area contributed by atoms with Crippen molar-refractivity contribution >= 4 is 60.3 Å². The Morgan fingerprint density at radius 2 is 1.16 bits per heavy atom. The Hall–Kier alpha value is -7.62. The summed E-state index contributed by atoms with van der Waals surface area (Å²) in [6.07, 6.45) is 28.7. The molecule has 0 atom stereocenters. The lowest BCUT2D eigenvalue weighted by atomic mass is 9.95. The van der Waals surface area contributed by atoms with Crippen LogP contribution in [0.4, 0.5) is 11.4 Å². The standard InChI is InChI=1S/C58H45N3/c1-2-8-22-44(21-7-1)59(45-23-9-3-10-24-45)49-37-35-42(39-50(41-49)60(46-25-11-4-12-26-46)47-27-13-5-14-28-47)43-36-38-56-55(40-43)57-53-33-19-17-31-51(53)52-32-18-20-34-54(52)58(57)61(56)48-29-15-6-16-30-48/h1-7,9-13,15-27,29-34,36-41H,8,14,28,35H2. The second kappa shape index (κ2) is 15.9. The van der Waals surface area contributed by atoms with E-state index >= 15 is 0 Å². The highest BCUT2D eigenvalue weighted by Crippen LogP contribution is 2.44. The summed E-state index contributed by atoms with van der Waals surface area (Å²) in [7, 11) is 0. The van der Waals surface area contributed by atoms with E-state index in [0.717, 1.165) is 59.8 Å². The van der Waals surface area contributed by atoms with E-state index in [1.807, 2.05) is 0 Å². The van der Waals surface area contributed by atoms with Crippen LogP contribution in [0, 0.1) is 0 Å². The molecule has 292 valence electrons. The third-order valence-corrected chi connectivity index (χ3v) is 12.2. The number of para-hydroxylation sites is 3. The predicted molar refractivity (Wildman–Crippen MR) is 260 cm³/mol. The van der Waals surface area contributed by atoms with Crippen LogP contribution in [-0.2, 0) is 0 Å². The van der Waals surface area contributed by atoms with Gasteiger partial charge >= 0.3 is 0 Å². The average molecular weight is 784 g/mol. The lowest BCUT2D eigenvalue weighted by Crippen LogP contribution is -2.24. The fraction of sp³-hybridized carbons (Fsp3) is 0.0690. The van der Waals surface area contributed by atoms with Crippen molar-refractivity contribution in [3.05, 3.63) is 253 Å². The number of allylic oxidation sites excluding steroid dienone is 13. The summed E-state index contributed by atoms with van der Waals surface area (Å²) in [5.74, 6) is 0. The van der Waals surface area contributed by atoms with Crippen LogP contribution < -0.4 is 9.80 Å². The fourth-order valence-electron chi connectivity index (χ4n) is 9.51. The number of aromatic nitrogens is 1. The number of fused-ring (bicyclic) bond motifs is 8. The van der Waals surface area contributed by atoms with Gasteiger partial charge in [-0.1, -0.05) is 152 Å². The van der Waals surface area contributed by atoms with Gasteiger partial charge in [0.05, 0.1) is 11.0 Å². The van der Waals surface area contributed by atoms with Gasteiger partial charge in [0, 0.05) is 56.0 Å². The first-order chi connectivity index (χ1) is 30.3. The molecule has 0 unspecified atom stereocenters. The van der Waals surface area contributed by atoms with Crippen molar-refractivity contribution in [2.24, 2.45) is 0 Å². The Balaban J connectivity index is 1.17. The van der Waals surface area contributed by atoms with Gasteiger partial charge in [-0.25, -0.2) is 0 Å². The summed E-state index contributed by atoms with van der Waals surface area (Å²) in [4.78, 5) is 4.90. The van der Waals surface area contributed by atoms with E-state index < -0.39 is 0 Å². The van der Waals surface area contributed by atoms with E-state index in [0.29, 0.717) is 0 Å². The molecule has 0 radical (unpaired) electrons. The third-order valence-electron chi connectivity index (χ3n) is 12.2. The Morgan fingerprint density at radius 1 is 0.492 bits per heavy atom. The zero-order chi connectivity index (χ0) is 40.5. The van der Waals surface area contributed by atoms with Gasteiger partial charge in [0.2, 0.25) is 0 Å². The number of benzene rings is 7. The quantitative estimate of drug-likeness (QED) is 0.142. The molecule has 0 N–H and O–H groups in total. The van der Waals surface area contributed by atoms with Crippen molar-refractivity contribution in [2.45, 2.75) is 25.7 Å². The van der Waals surface area contributed by atoms with Crippen LogP contribution in [0.2, 0.25) is 0 Å². The van der Waals surface area contributed by atoms with Crippen LogP contribution >= 0.6 is 0 Å². The number of nitrogens with zero attached hydrogens (tertiary/aromatic N) is 3. The van der Waals surface area contributed by atoms with Crippen LogP contribution in [0.3, 0.4) is 0 Å². The van der Waals surface area contributed by atoms with Gasteiger partial charge in [0.25, 0.3) is 0 Å².